The minimum Gasteiger partial charge on any atom is -0.461 e. The van der Waals surface area contributed by atoms with Crippen LogP contribution in [0.5, 0.6) is 0 Å². The van der Waals surface area contributed by atoms with Crippen molar-refractivity contribution < 1.29 is 18.8 Å². The SMILES string of the molecule is CCCCCc1ccc(C(=O)OC[C@@H]2CCC[NH+]3CCCC[C@H]23)c(=O)o1. The van der Waals surface area contributed by atoms with Gasteiger partial charge >= 0.3 is 11.6 Å². The Hall–Kier alpha value is -1.62. The van der Waals surface area contributed by atoms with Gasteiger partial charge in [-0.2, -0.15) is 0 Å². The molecule has 0 spiro atoms. The van der Waals surface area contributed by atoms with E-state index in [1.165, 1.54) is 38.8 Å². The number of quaternary nitrogens is 1. The maximum Gasteiger partial charge on any atom is 0.350 e. The summed E-state index contributed by atoms with van der Waals surface area (Å²) in [6, 6.07) is 3.91. The van der Waals surface area contributed by atoms with Crippen LogP contribution in [0.3, 0.4) is 0 Å². The summed E-state index contributed by atoms with van der Waals surface area (Å²) in [5.41, 5.74) is -0.551. The molecule has 0 bridgehead atoms. The van der Waals surface area contributed by atoms with Gasteiger partial charge in [0.05, 0.1) is 19.1 Å². The van der Waals surface area contributed by atoms with E-state index in [-0.39, 0.29) is 5.56 Å². The van der Waals surface area contributed by atoms with Gasteiger partial charge in [-0.25, -0.2) is 9.59 Å². The molecule has 3 atom stereocenters. The fourth-order valence-electron chi connectivity index (χ4n) is 4.53. The molecule has 5 heteroatoms. The lowest BCUT2D eigenvalue weighted by molar-refractivity contribution is -0.940. The van der Waals surface area contributed by atoms with E-state index in [4.69, 9.17) is 9.15 Å². The Balaban J connectivity index is 1.55. The predicted molar refractivity (Wildman–Crippen MR) is 99.5 cm³/mol. The van der Waals surface area contributed by atoms with Gasteiger partial charge in [0.15, 0.2) is 0 Å². The van der Waals surface area contributed by atoms with Crippen LogP contribution >= 0.6 is 0 Å². The molecular formula is C21H32NO4+. The first-order chi connectivity index (χ1) is 12.7. The summed E-state index contributed by atoms with van der Waals surface area (Å²) in [6.45, 7) is 5.05. The maximum atomic E-state index is 12.4. The molecule has 0 radical (unpaired) electrons. The number of fused-ring (bicyclic) bond motifs is 1. The molecule has 3 rings (SSSR count). The molecule has 26 heavy (non-hydrogen) atoms. The third-order valence-electron chi connectivity index (χ3n) is 5.98. The first-order valence-electron chi connectivity index (χ1n) is 10.3. The lowest BCUT2D eigenvalue weighted by atomic mass is 9.84. The van der Waals surface area contributed by atoms with Crippen LogP contribution in [-0.4, -0.2) is 31.7 Å². The predicted octanol–water partition coefficient (Wildman–Crippen LogP) is 2.38. The number of unbranched alkanes of at least 4 members (excludes halogenated alkanes) is 2. The molecule has 0 aliphatic carbocycles. The topological polar surface area (TPSA) is 61.0 Å². The highest BCUT2D eigenvalue weighted by atomic mass is 16.5. The zero-order chi connectivity index (χ0) is 18.4. The molecule has 5 nitrogen and oxygen atoms in total. The van der Waals surface area contributed by atoms with E-state index < -0.39 is 11.6 Å². The molecule has 0 amide bonds. The van der Waals surface area contributed by atoms with Crippen molar-refractivity contribution in [2.75, 3.05) is 19.7 Å². The average molecular weight is 362 g/mol. The van der Waals surface area contributed by atoms with E-state index >= 15 is 0 Å². The van der Waals surface area contributed by atoms with Crippen LogP contribution in [0.1, 0.15) is 74.4 Å². The molecule has 2 aliphatic heterocycles. The third-order valence-corrected chi connectivity index (χ3v) is 5.98. The van der Waals surface area contributed by atoms with Gasteiger partial charge in [-0.05, 0) is 50.7 Å². The molecule has 0 aromatic carbocycles. The minimum absolute atomic E-state index is 0.0212. The normalized spacial score (nSPS) is 25.5. The highest BCUT2D eigenvalue weighted by molar-refractivity contribution is 5.88. The minimum atomic E-state index is -0.572. The van der Waals surface area contributed by atoms with Crippen molar-refractivity contribution in [2.24, 2.45) is 5.92 Å². The van der Waals surface area contributed by atoms with Gasteiger partial charge in [0, 0.05) is 12.3 Å². The van der Waals surface area contributed by atoms with Crippen LogP contribution in [0.25, 0.3) is 0 Å². The summed E-state index contributed by atoms with van der Waals surface area (Å²) < 4.78 is 10.8. The summed E-state index contributed by atoms with van der Waals surface area (Å²) in [5, 5.41) is 0. The second kappa shape index (κ2) is 9.36. The number of hydrogen-bond donors (Lipinski definition) is 1. The van der Waals surface area contributed by atoms with Gasteiger partial charge in [0.1, 0.15) is 17.9 Å². The molecule has 2 fully saturated rings. The van der Waals surface area contributed by atoms with E-state index in [0.717, 1.165) is 32.1 Å². The van der Waals surface area contributed by atoms with Crippen molar-refractivity contribution in [2.45, 2.75) is 70.8 Å². The zero-order valence-corrected chi connectivity index (χ0v) is 15.9. The summed E-state index contributed by atoms with van der Waals surface area (Å²) in [7, 11) is 0. The number of piperidine rings is 2. The Labute approximate surface area is 155 Å². The lowest BCUT2D eigenvalue weighted by Crippen LogP contribution is -3.18. The number of nitrogens with one attached hydrogen (secondary N) is 1. The van der Waals surface area contributed by atoms with E-state index in [2.05, 4.69) is 6.92 Å². The molecule has 0 saturated carbocycles. The van der Waals surface area contributed by atoms with Crippen LogP contribution < -0.4 is 10.5 Å². The van der Waals surface area contributed by atoms with Crippen molar-refractivity contribution in [1.82, 2.24) is 0 Å². The molecular weight excluding hydrogens is 330 g/mol. The number of rotatable bonds is 7. The number of carbonyl (C=O) groups is 1. The summed E-state index contributed by atoms with van der Waals surface area (Å²) >= 11 is 0. The number of aryl methyl sites for hydroxylation is 1. The first kappa shape index (κ1) is 19.2. The van der Waals surface area contributed by atoms with E-state index in [1.54, 1.807) is 17.0 Å². The Bertz CT molecular complexity index is 652. The Morgan fingerprint density at radius 1 is 1.19 bits per heavy atom. The van der Waals surface area contributed by atoms with Gasteiger partial charge in [-0.1, -0.05) is 19.8 Å². The number of hydrogen-bond acceptors (Lipinski definition) is 4. The smallest absolute Gasteiger partial charge is 0.350 e. The van der Waals surface area contributed by atoms with Crippen molar-refractivity contribution >= 4 is 5.97 Å². The van der Waals surface area contributed by atoms with Gasteiger partial charge < -0.3 is 14.1 Å². The summed E-state index contributed by atoms with van der Waals surface area (Å²) in [4.78, 5) is 26.2. The Kier molecular flexibility index (Phi) is 6.89. The quantitative estimate of drug-likeness (QED) is 0.598. The number of carbonyl (C=O) groups excluding carboxylic acids is 1. The Morgan fingerprint density at radius 3 is 2.85 bits per heavy atom. The molecule has 1 N–H and O–H groups in total. The second-order valence-corrected chi connectivity index (χ2v) is 7.82. The number of ether oxygens (including phenoxy) is 1. The lowest BCUT2D eigenvalue weighted by Gasteiger charge is -2.40. The Morgan fingerprint density at radius 2 is 2.04 bits per heavy atom. The molecule has 2 saturated heterocycles. The first-order valence-corrected chi connectivity index (χ1v) is 10.3. The fraction of sp³-hybridized carbons (Fsp3) is 0.714. The third kappa shape index (κ3) is 4.76. The molecule has 1 aromatic heterocycles. The largest absolute Gasteiger partial charge is 0.461 e. The summed E-state index contributed by atoms with van der Waals surface area (Å²) in [5.74, 6) is 0.527. The van der Waals surface area contributed by atoms with Crippen molar-refractivity contribution in [3.05, 3.63) is 33.9 Å². The van der Waals surface area contributed by atoms with E-state index in [0.29, 0.717) is 24.3 Å². The molecule has 2 aliphatic rings. The zero-order valence-electron chi connectivity index (χ0n) is 15.9. The van der Waals surface area contributed by atoms with Gasteiger partial charge in [-0.3, -0.25) is 0 Å². The van der Waals surface area contributed by atoms with Gasteiger partial charge in [0.25, 0.3) is 0 Å². The van der Waals surface area contributed by atoms with E-state index in [1.807, 2.05) is 0 Å². The monoisotopic (exact) mass is 362 g/mol. The van der Waals surface area contributed by atoms with Crippen LogP contribution in [-0.2, 0) is 11.2 Å². The average Bonchev–Trinajstić information content (AvgIpc) is 2.66. The van der Waals surface area contributed by atoms with Crippen LogP contribution in [0.2, 0.25) is 0 Å². The summed E-state index contributed by atoms with van der Waals surface area (Å²) in [6.07, 6.45) is 10.1. The van der Waals surface area contributed by atoms with E-state index in [9.17, 15) is 9.59 Å². The van der Waals surface area contributed by atoms with Gasteiger partial charge in [-0.15, -0.1) is 0 Å². The van der Waals surface area contributed by atoms with Crippen molar-refractivity contribution in [3.8, 4) is 0 Å². The van der Waals surface area contributed by atoms with Crippen LogP contribution in [0, 0.1) is 5.92 Å². The van der Waals surface area contributed by atoms with Crippen molar-refractivity contribution in [3.63, 3.8) is 0 Å². The number of esters is 1. The highest BCUT2D eigenvalue weighted by Gasteiger charge is 2.37. The standard InChI is InChI=1S/C21H31NO4/c1-2-3-4-9-17-11-12-18(21(24)26-17)20(23)25-15-16-8-7-14-22-13-6-5-10-19(16)22/h11-12,16,19H,2-10,13-15H2,1H3/p+1/t16-,19+/m0/s1. The van der Waals surface area contributed by atoms with Crippen molar-refractivity contribution in [1.29, 1.82) is 0 Å². The highest BCUT2D eigenvalue weighted by Crippen LogP contribution is 2.21. The molecule has 1 aromatic rings. The van der Waals surface area contributed by atoms with Crippen LogP contribution in [0.4, 0.5) is 0 Å². The molecule has 1 unspecified atom stereocenters. The maximum absolute atomic E-state index is 12.4. The molecule has 3 heterocycles. The molecule has 144 valence electrons. The second-order valence-electron chi connectivity index (χ2n) is 7.82. The van der Waals surface area contributed by atoms with Gasteiger partial charge in [0.2, 0.25) is 0 Å². The fourth-order valence-corrected chi connectivity index (χ4v) is 4.53. The van der Waals surface area contributed by atoms with Crippen LogP contribution in [0.15, 0.2) is 21.3 Å².